The van der Waals surface area contributed by atoms with E-state index in [2.05, 4.69) is 15.3 Å². The molecule has 0 aliphatic rings. The number of aromatic amines is 1. The molecule has 17 heavy (non-hydrogen) atoms. The summed E-state index contributed by atoms with van der Waals surface area (Å²) in [6.45, 7) is 0. The number of H-pyrrole nitrogens is 1. The number of aromatic carboxylic acids is 1. The number of rotatable bonds is 3. The summed E-state index contributed by atoms with van der Waals surface area (Å²) in [5.41, 5.74) is 0.421. The fourth-order valence-electron chi connectivity index (χ4n) is 1.30. The minimum absolute atomic E-state index is 0.160. The number of carbonyl (C=O) groups is 1. The molecule has 3 N–H and O–H groups in total. The Kier molecular flexibility index (Phi) is 2.87. The highest BCUT2D eigenvalue weighted by molar-refractivity contribution is 5.88. The van der Waals surface area contributed by atoms with Crippen molar-refractivity contribution in [2.45, 2.75) is 0 Å². The van der Waals surface area contributed by atoms with Crippen LogP contribution >= 0.6 is 0 Å². The van der Waals surface area contributed by atoms with Crippen molar-refractivity contribution in [2.75, 3.05) is 5.32 Å². The summed E-state index contributed by atoms with van der Waals surface area (Å²) in [5.74, 6) is -0.747. The Balaban J connectivity index is 2.27. The Labute approximate surface area is 96.0 Å². The monoisotopic (exact) mass is 231 g/mol. The molecule has 6 nitrogen and oxygen atoms in total. The van der Waals surface area contributed by atoms with Crippen molar-refractivity contribution < 1.29 is 9.90 Å². The molecule has 0 atom stereocenters. The van der Waals surface area contributed by atoms with Gasteiger partial charge in [0, 0.05) is 18.0 Å². The van der Waals surface area contributed by atoms with Crippen LogP contribution in [0.15, 0.2) is 41.3 Å². The van der Waals surface area contributed by atoms with E-state index in [1.807, 2.05) is 0 Å². The van der Waals surface area contributed by atoms with Crippen LogP contribution in [0.5, 0.6) is 0 Å². The molecule has 1 aromatic carbocycles. The summed E-state index contributed by atoms with van der Waals surface area (Å²) >= 11 is 0. The van der Waals surface area contributed by atoms with E-state index in [0.29, 0.717) is 5.69 Å². The first kappa shape index (κ1) is 10.9. The maximum Gasteiger partial charge on any atom is 0.335 e. The van der Waals surface area contributed by atoms with Crippen LogP contribution in [0.3, 0.4) is 0 Å². The molecule has 86 valence electrons. The predicted molar refractivity (Wildman–Crippen MR) is 61.5 cm³/mol. The molecule has 6 heteroatoms. The van der Waals surface area contributed by atoms with Crippen molar-refractivity contribution in [3.8, 4) is 0 Å². The average Bonchev–Trinajstić information content (AvgIpc) is 2.29. The Bertz CT molecular complexity index is 607. The first-order chi connectivity index (χ1) is 8.15. The molecule has 0 aliphatic carbocycles. The number of nitrogens with zero attached hydrogens (tertiary/aromatic N) is 1. The largest absolute Gasteiger partial charge is 0.478 e. The molecule has 1 heterocycles. The summed E-state index contributed by atoms with van der Waals surface area (Å²) in [6.07, 6.45) is 1.36. The molecule has 0 fully saturated rings. The normalized spacial score (nSPS) is 9.88. The van der Waals surface area contributed by atoms with Gasteiger partial charge >= 0.3 is 5.97 Å². The van der Waals surface area contributed by atoms with E-state index in [1.54, 1.807) is 12.1 Å². The molecule has 0 saturated heterocycles. The summed E-state index contributed by atoms with van der Waals surface area (Å²) in [7, 11) is 0. The number of aromatic nitrogens is 2. The second-order valence-corrected chi connectivity index (χ2v) is 3.29. The van der Waals surface area contributed by atoms with Crippen LogP contribution in [0.4, 0.5) is 11.6 Å². The lowest BCUT2D eigenvalue weighted by atomic mass is 10.2. The van der Waals surface area contributed by atoms with Crippen LogP contribution < -0.4 is 10.9 Å². The Hall–Kier alpha value is -2.63. The second-order valence-electron chi connectivity index (χ2n) is 3.29. The van der Waals surface area contributed by atoms with Crippen LogP contribution in [0.2, 0.25) is 0 Å². The maximum absolute atomic E-state index is 11.0. The van der Waals surface area contributed by atoms with Gasteiger partial charge in [-0.1, -0.05) is 6.07 Å². The van der Waals surface area contributed by atoms with Crippen LogP contribution in [0.25, 0.3) is 0 Å². The van der Waals surface area contributed by atoms with Crippen molar-refractivity contribution in [1.82, 2.24) is 9.97 Å². The van der Waals surface area contributed by atoms with Crippen LogP contribution in [0.1, 0.15) is 10.4 Å². The first-order valence-corrected chi connectivity index (χ1v) is 4.81. The zero-order chi connectivity index (χ0) is 12.3. The Morgan fingerprint density at radius 1 is 1.35 bits per heavy atom. The molecule has 0 bridgehead atoms. The molecule has 0 spiro atoms. The van der Waals surface area contributed by atoms with Gasteiger partial charge in [-0.25, -0.2) is 9.78 Å². The first-order valence-electron chi connectivity index (χ1n) is 4.81. The molecule has 0 saturated carbocycles. The molecule has 2 rings (SSSR count). The van der Waals surface area contributed by atoms with Gasteiger partial charge in [0.2, 0.25) is 5.95 Å². The number of hydrogen-bond donors (Lipinski definition) is 3. The van der Waals surface area contributed by atoms with Crippen molar-refractivity contribution in [3.05, 3.63) is 52.4 Å². The third-order valence-electron chi connectivity index (χ3n) is 2.04. The smallest absolute Gasteiger partial charge is 0.335 e. The van der Waals surface area contributed by atoms with Gasteiger partial charge < -0.3 is 10.4 Å². The maximum atomic E-state index is 11.0. The molecule has 0 aliphatic heterocycles. The summed E-state index contributed by atoms with van der Waals surface area (Å²) < 4.78 is 0. The van der Waals surface area contributed by atoms with Gasteiger partial charge in [-0.15, -0.1) is 0 Å². The Morgan fingerprint density at radius 2 is 2.18 bits per heavy atom. The fourth-order valence-corrected chi connectivity index (χ4v) is 1.30. The lowest BCUT2D eigenvalue weighted by Crippen LogP contribution is -2.08. The standard InChI is InChI=1S/C11H9N3O3/c15-9-4-5-12-11(14-9)13-8-3-1-2-7(6-8)10(16)17/h1-6H,(H,16,17)(H2,12,13,14,15). The van der Waals surface area contributed by atoms with Gasteiger partial charge in [-0.2, -0.15) is 0 Å². The number of benzene rings is 1. The fraction of sp³-hybridized carbons (Fsp3) is 0. The van der Waals surface area contributed by atoms with Crippen molar-refractivity contribution in [3.63, 3.8) is 0 Å². The number of nitrogens with one attached hydrogen (secondary N) is 2. The van der Waals surface area contributed by atoms with E-state index in [9.17, 15) is 9.59 Å². The van der Waals surface area contributed by atoms with Gasteiger partial charge in [-0.05, 0) is 18.2 Å². The van der Waals surface area contributed by atoms with Crippen LogP contribution in [-0.2, 0) is 0 Å². The third-order valence-corrected chi connectivity index (χ3v) is 2.04. The molecule has 0 unspecified atom stereocenters. The molecular formula is C11H9N3O3. The number of carboxylic acid groups (broad SMARTS) is 1. The van der Waals surface area contributed by atoms with Gasteiger partial charge in [0.1, 0.15) is 0 Å². The van der Waals surface area contributed by atoms with Crippen molar-refractivity contribution in [1.29, 1.82) is 0 Å². The quantitative estimate of drug-likeness (QED) is 0.738. The SMILES string of the molecule is O=C(O)c1cccc(Nc2nccc(=O)[nH]2)c1. The molecule has 0 radical (unpaired) electrons. The van der Waals surface area contributed by atoms with Gasteiger partial charge in [0.15, 0.2) is 0 Å². The number of carboxylic acids is 1. The van der Waals surface area contributed by atoms with Crippen LogP contribution in [0, 0.1) is 0 Å². The number of anilines is 2. The van der Waals surface area contributed by atoms with E-state index < -0.39 is 5.97 Å². The molecular weight excluding hydrogens is 222 g/mol. The minimum Gasteiger partial charge on any atom is -0.478 e. The highest BCUT2D eigenvalue weighted by atomic mass is 16.4. The van der Waals surface area contributed by atoms with Crippen molar-refractivity contribution >= 4 is 17.6 Å². The van der Waals surface area contributed by atoms with Crippen LogP contribution in [-0.4, -0.2) is 21.0 Å². The predicted octanol–water partition coefficient (Wildman–Crippen LogP) is 1.21. The van der Waals surface area contributed by atoms with E-state index >= 15 is 0 Å². The summed E-state index contributed by atoms with van der Waals surface area (Å²) in [5, 5.41) is 11.6. The third kappa shape index (κ3) is 2.69. The number of hydrogen-bond acceptors (Lipinski definition) is 4. The second kappa shape index (κ2) is 4.48. The van der Waals surface area contributed by atoms with E-state index in [4.69, 9.17) is 5.11 Å². The van der Waals surface area contributed by atoms with Gasteiger partial charge in [-0.3, -0.25) is 9.78 Å². The zero-order valence-electron chi connectivity index (χ0n) is 8.68. The zero-order valence-corrected chi connectivity index (χ0v) is 8.68. The molecule has 1 aromatic heterocycles. The molecule has 0 amide bonds. The topological polar surface area (TPSA) is 95.1 Å². The van der Waals surface area contributed by atoms with Gasteiger partial charge in [0.05, 0.1) is 5.56 Å². The lowest BCUT2D eigenvalue weighted by Gasteiger charge is -2.05. The average molecular weight is 231 g/mol. The summed E-state index contributed by atoms with van der Waals surface area (Å²) in [6, 6.07) is 7.51. The lowest BCUT2D eigenvalue weighted by molar-refractivity contribution is 0.0697. The highest BCUT2D eigenvalue weighted by Crippen LogP contribution is 2.13. The Morgan fingerprint density at radius 3 is 2.88 bits per heavy atom. The summed E-state index contributed by atoms with van der Waals surface area (Å²) in [4.78, 5) is 28.2. The highest BCUT2D eigenvalue weighted by Gasteiger charge is 2.03. The van der Waals surface area contributed by atoms with E-state index in [0.717, 1.165) is 0 Å². The van der Waals surface area contributed by atoms with E-state index in [-0.39, 0.29) is 17.1 Å². The minimum atomic E-state index is -1.01. The van der Waals surface area contributed by atoms with Crippen molar-refractivity contribution in [2.24, 2.45) is 0 Å². The van der Waals surface area contributed by atoms with Gasteiger partial charge in [0.25, 0.3) is 5.56 Å². The molecule has 2 aromatic rings. The van der Waals surface area contributed by atoms with E-state index in [1.165, 1.54) is 24.4 Å².